The van der Waals surface area contributed by atoms with Crippen LogP contribution in [0.15, 0.2) is 29.2 Å². The van der Waals surface area contributed by atoms with Gasteiger partial charge in [0.15, 0.2) is 0 Å². The highest BCUT2D eigenvalue weighted by atomic mass is 35.7. The highest BCUT2D eigenvalue weighted by molar-refractivity contribution is 8.13. The maximum Gasteiger partial charge on any atom is 0.261 e. The second-order valence-electron chi connectivity index (χ2n) is 4.79. The Balaban J connectivity index is 2.38. The molecule has 1 amide bonds. The molecule has 0 saturated heterocycles. The molecule has 4 nitrogen and oxygen atoms in total. The minimum atomic E-state index is -3.65. The van der Waals surface area contributed by atoms with Crippen LogP contribution >= 0.6 is 10.7 Å². The van der Waals surface area contributed by atoms with Gasteiger partial charge in [-0.25, -0.2) is 8.42 Å². The predicted octanol–water partition coefficient (Wildman–Crippen LogP) is 2.71. The van der Waals surface area contributed by atoms with Crippen molar-refractivity contribution in [2.75, 3.05) is 6.54 Å². The molecule has 1 aromatic rings. The van der Waals surface area contributed by atoms with E-state index in [-0.39, 0.29) is 16.7 Å². The SMILES string of the molecule is CCC(C)C(=O)NCCCc1ccc(S(=O)(=O)Cl)cc1. The third kappa shape index (κ3) is 5.51. The first-order valence-corrected chi connectivity index (χ1v) is 8.97. The molecule has 112 valence electrons. The van der Waals surface area contributed by atoms with Crippen molar-refractivity contribution in [2.24, 2.45) is 5.92 Å². The number of rotatable bonds is 7. The van der Waals surface area contributed by atoms with E-state index in [0.29, 0.717) is 6.54 Å². The summed E-state index contributed by atoms with van der Waals surface area (Å²) in [6.07, 6.45) is 2.43. The number of hydrogen-bond acceptors (Lipinski definition) is 3. The molecule has 0 heterocycles. The summed E-state index contributed by atoms with van der Waals surface area (Å²) in [5, 5.41) is 2.88. The molecule has 20 heavy (non-hydrogen) atoms. The van der Waals surface area contributed by atoms with Gasteiger partial charge in [0, 0.05) is 23.1 Å². The Morgan fingerprint density at radius 2 is 1.90 bits per heavy atom. The zero-order chi connectivity index (χ0) is 15.2. The third-order valence-electron chi connectivity index (χ3n) is 3.21. The maximum absolute atomic E-state index is 11.5. The Labute approximate surface area is 124 Å². The fourth-order valence-electron chi connectivity index (χ4n) is 1.68. The summed E-state index contributed by atoms with van der Waals surface area (Å²) in [4.78, 5) is 11.7. The van der Waals surface area contributed by atoms with E-state index in [2.05, 4.69) is 5.32 Å². The zero-order valence-corrected chi connectivity index (χ0v) is 13.3. The lowest BCUT2D eigenvalue weighted by molar-refractivity contribution is -0.124. The van der Waals surface area contributed by atoms with Crippen LogP contribution in [0.4, 0.5) is 0 Å². The van der Waals surface area contributed by atoms with Crippen LogP contribution in [-0.4, -0.2) is 20.9 Å². The minimum absolute atomic E-state index is 0.0446. The second-order valence-corrected chi connectivity index (χ2v) is 7.35. The van der Waals surface area contributed by atoms with E-state index >= 15 is 0 Å². The number of hydrogen-bond donors (Lipinski definition) is 1. The van der Waals surface area contributed by atoms with Crippen LogP contribution in [-0.2, 0) is 20.3 Å². The lowest BCUT2D eigenvalue weighted by Crippen LogP contribution is -2.29. The van der Waals surface area contributed by atoms with Gasteiger partial charge in [0.2, 0.25) is 5.91 Å². The van der Waals surface area contributed by atoms with Crippen molar-refractivity contribution in [3.63, 3.8) is 0 Å². The van der Waals surface area contributed by atoms with Gasteiger partial charge >= 0.3 is 0 Å². The van der Waals surface area contributed by atoms with Crippen molar-refractivity contribution in [3.8, 4) is 0 Å². The van der Waals surface area contributed by atoms with E-state index in [0.717, 1.165) is 24.8 Å². The summed E-state index contributed by atoms with van der Waals surface area (Å²) >= 11 is 0. The van der Waals surface area contributed by atoms with Crippen molar-refractivity contribution < 1.29 is 13.2 Å². The number of benzene rings is 1. The Bertz CT molecular complexity index is 540. The number of carbonyl (C=O) groups is 1. The van der Waals surface area contributed by atoms with Crippen LogP contribution in [0.5, 0.6) is 0 Å². The number of halogens is 1. The predicted molar refractivity (Wildman–Crippen MR) is 80.3 cm³/mol. The topological polar surface area (TPSA) is 63.2 Å². The van der Waals surface area contributed by atoms with Crippen molar-refractivity contribution in [2.45, 2.75) is 38.0 Å². The normalized spacial score (nSPS) is 12.9. The first kappa shape index (κ1) is 17.0. The molecule has 1 unspecified atom stereocenters. The molecule has 1 rings (SSSR count). The lowest BCUT2D eigenvalue weighted by atomic mass is 10.1. The smallest absolute Gasteiger partial charge is 0.261 e. The van der Waals surface area contributed by atoms with Crippen molar-refractivity contribution >= 4 is 25.6 Å². The van der Waals surface area contributed by atoms with E-state index in [9.17, 15) is 13.2 Å². The molecule has 0 aliphatic heterocycles. The average Bonchev–Trinajstić information content (AvgIpc) is 2.42. The van der Waals surface area contributed by atoms with Gasteiger partial charge in [-0.05, 0) is 37.0 Å². The molecular formula is C14H20ClNO3S. The largest absolute Gasteiger partial charge is 0.356 e. The summed E-state index contributed by atoms with van der Waals surface area (Å²) in [6.45, 7) is 4.51. The van der Waals surface area contributed by atoms with Gasteiger partial charge in [-0.15, -0.1) is 0 Å². The Hall–Kier alpha value is -1.07. The summed E-state index contributed by atoms with van der Waals surface area (Å²) < 4.78 is 22.2. The molecular weight excluding hydrogens is 298 g/mol. The maximum atomic E-state index is 11.5. The molecule has 1 N–H and O–H groups in total. The van der Waals surface area contributed by atoms with Gasteiger partial charge in [0.1, 0.15) is 0 Å². The highest BCUT2D eigenvalue weighted by Crippen LogP contribution is 2.15. The van der Waals surface area contributed by atoms with Crippen molar-refractivity contribution in [3.05, 3.63) is 29.8 Å². The van der Waals surface area contributed by atoms with E-state index in [1.54, 1.807) is 12.1 Å². The first-order chi connectivity index (χ1) is 9.34. The highest BCUT2D eigenvalue weighted by Gasteiger charge is 2.10. The molecule has 0 saturated carbocycles. The summed E-state index contributed by atoms with van der Waals surface area (Å²) in [6, 6.07) is 6.47. The minimum Gasteiger partial charge on any atom is -0.356 e. The Kier molecular flexibility index (Phi) is 6.49. The van der Waals surface area contributed by atoms with Gasteiger partial charge in [-0.3, -0.25) is 4.79 Å². The van der Waals surface area contributed by atoms with Crippen LogP contribution in [0.2, 0.25) is 0 Å². The van der Waals surface area contributed by atoms with Gasteiger partial charge < -0.3 is 5.32 Å². The summed E-state index contributed by atoms with van der Waals surface area (Å²) in [7, 11) is 1.59. The summed E-state index contributed by atoms with van der Waals surface area (Å²) in [5.41, 5.74) is 1.02. The van der Waals surface area contributed by atoms with E-state index in [1.165, 1.54) is 12.1 Å². The molecule has 0 fully saturated rings. The lowest BCUT2D eigenvalue weighted by Gasteiger charge is -2.09. The van der Waals surface area contributed by atoms with Crippen molar-refractivity contribution in [1.82, 2.24) is 5.32 Å². The number of aryl methyl sites for hydroxylation is 1. The second kappa shape index (κ2) is 7.64. The van der Waals surface area contributed by atoms with Gasteiger partial charge in [-0.2, -0.15) is 0 Å². The molecule has 1 atom stereocenters. The van der Waals surface area contributed by atoms with Crippen LogP contribution in [0.25, 0.3) is 0 Å². The molecule has 0 aliphatic rings. The Morgan fingerprint density at radius 3 is 2.40 bits per heavy atom. The van der Waals surface area contributed by atoms with Gasteiger partial charge in [0.25, 0.3) is 9.05 Å². The molecule has 0 aromatic heterocycles. The van der Waals surface area contributed by atoms with Gasteiger partial charge in [-0.1, -0.05) is 26.0 Å². The van der Waals surface area contributed by atoms with Crippen molar-refractivity contribution in [1.29, 1.82) is 0 Å². The fourth-order valence-corrected chi connectivity index (χ4v) is 2.45. The Morgan fingerprint density at radius 1 is 1.30 bits per heavy atom. The quantitative estimate of drug-likeness (QED) is 0.621. The van der Waals surface area contributed by atoms with E-state index in [1.807, 2.05) is 13.8 Å². The number of carbonyl (C=O) groups excluding carboxylic acids is 1. The first-order valence-electron chi connectivity index (χ1n) is 6.66. The zero-order valence-electron chi connectivity index (χ0n) is 11.7. The molecule has 0 aliphatic carbocycles. The monoisotopic (exact) mass is 317 g/mol. The average molecular weight is 318 g/mol. The van der Waals surface area contributed by atoms with Crippen LogP contribution in [0.3, 0.4) is 0 Å². The van der Waals surface area contributed by atoms with Gasteiger partial charge in [0.05, 0.1) is 4.90 Å². The molecule has 0 bridgehead atoms. The number of amides is 1. The van der Waals surface area contributed by atoms with E-state index in [4.69, 9.17) is 10.7 Å². The molecule has 0 radical (unpaired) electrons. The molecule has 0 spiro atoms. The summed E-state index contributed by atoms with van der Waals surface area (Å²) in [5.74, 6) is 0.124. The fraction of sp³-hybridized carbons (Fsp3) is 0.500. The van der Waals surface area contributed by atoms with Crippen LogP contribution in [0, 0.1) is 5.92 Å². The number of nitrogens with one attached hydrogen (secondary N) is 1. The van der Waals surface area contributed by atoms with E-state index < -0.39 is 9.05 Å². The third-order valence-corrected chi connectivity index (χ3v) is 4.58. The molecule has 1 aromatic carbocycles. The van der Waals surface area contributed by atoms with Crippen LogP contribution < -0.4 is 5.32 Å². The standard InChI is InChI=1S/C14H20ClNO3S/c1-3-11(2)14(17)16-10-4-5-12-6-8-13(9-7-12)20(15,18)19/h6-9,11H,3-5,10H2,1-2H3,(H,16,17). The van der Waals surface area contributed by atoms with Crippen LogP contribution in [0.1, 0.15) is 32.3 Å². The molecule has 6 heteroatoms.